The molecule has 18 heavy (non-hydrogen) atoms. The summed E-state index contributed by atoms with van der Waals surface area (Å²) >= 11 is 1.77. The first-order chi connectivity index (χ1) is 8.70. The molecule has 0 unspecified atom stereocenters. The molecule has 0 radical (unpaired) electrons. The van der Waals surface area contributed by atoms with E-state index in [1.807, 2.05) is 11.9 Å². The van der Waals surface area contributed by atoms with Gasteiger partial charge in [0.1, 0.15) is 0 Å². The first-order valence-electron chi connectivity index (χ1n) is 5.91. The molecular weight excluding hydrogens is 246 g/mol. The standard InChI is InChI=1S/C14H17NO2S/c1-15(9-14(16)17-2)8-7-11-10-18-13-6-4-3-5-12(11)13/h3-6,10H,7-9H2,1-2H3. The largest absolute Gasteiger partial charge is 0.468 e. The third-order valence-corrected chi connectivity index (χ3v) is 3.96. The first-order valence-corrected chi connectivity index (χ1v) is 6.79. The minimum atomic E-state index is -0.187. The van der Waals surface area contributed by atoms with Gasteiger partial charge in [0.2, 0.25) is 0 Å². The number of esters is 1. The normalized spacial score (nSPS) is 11.1. The second kappa shape index (κ2) is 5.98. The third-order valence-electron chi connectivity index (χ3n) is 2.95. The molecular formula is C14H17NO2S. The highest BCUT2D eigenvalue weighted by Gasteiger charge is 2.08. The Labute approximate surface area is 111 Å². The zero-order chi connectivity index (χ0) is 13.0. The maximum absolute atomic E-state index is 11.1. The van der Waals surface area contributed by atoms with E-state index in [9.17, 15) is 4.79 Å². The summed E-state index contributed by atoms with van der Waals surface area (Å²) in [6, 6.07) is 8.42. The molecule has 0 aliphatic rings. The molecule has 1 heterocycles. The molecule has 0 atom stereocenters. The van der Waals surface area contributed by atoms with Gasteiger partial charge in [-0.25, -0.2) is 0 Å². The number of fused-ring (bicyclic) bond motifs is 1. The second-order valence-corrected chi connectivity index (χ2v) is 5.23. The number of carbonyl (C=O) groups excluding carboxylic acids is 1. The lowest BCUT2D eigenvalue weighted by molar-refractivity contribution is -0.141. The van der Waals surface area contributed by atoms with Gasteiger partial charge >= 0.3 is 5.97 Å². The lowest BCUT2D eigenvalue weighted by Crippen LogP contribution is -2.28. The van der Waals surface area contributed by atoms with E-state index < -0.39 is 0 Å². The van der Waals surface area contributed by atoms with Crippen molar-refractivity contribution < 1.29 is 9.53 Å². The summed E-state index contributed by atoms with van der Waals surface area (Å²) in [6.07, 6.45) is 0.956. The number of benzene rings is 1. The Balaban J connectivity index is 1.96. The predicted octanol–water partition coefficient (Wildman–Crippen LogP) is 2.55. The lowest BCUT2D eigenvalue weighted by atomic mass is 10.1. The third kappa shape index (κ3) is 3.09. The predicted molar refractivity (Wildman–Crippen MR) is 75.0 cm³/mol. The van der Waals surface area contributed by atoms with Crippen LogP contribution in [0.4, 0.5) is 0 Å². The van der Waals surface area contributed by atoms with Gasteiger partial charge in [-0.15, -0.1) is 11.3 Å². The maximum atomic E-state index is 11.1. The summed E-state index contributed by atoms with van der Waals surface area (Å²) in [6.45, 7) is 1.20. The monoisotopic (exact) mass is 263 g/mol. The summed E-state index contributed by atoms with van der Waals surface area (Å²) in [5, 5.41) is 3.53. The van der Waals surface area contributed by atoms with Crippen LogP contribution in [-0.4, -0.2) is 38.1 Å². The van der Waals surface area contributed by atoms with Crippen molar-refractivity contribution in [2.45, 2.75) is 6.42 Å². The van der Waals surface area contributed by atoms with Gasteiger partial charge in [-0.3, -0.25) is 9.69 Å². The molecule has 2 aromatic rings. The van der Waals surface area contributed by atoms with Gasteiger partial charge in [-0.05, 0) is 35.9 Å². The van der Waals surface area contributed by atoms with Crippen LogP contribution < -0.4 is 0 Å². The van der Waals surface area contributed by atoms with Crippen molar-refractivity contribution in [2.24, 2.45) is 0 Å². The van der Waals surface area contributed by atoms with Gasteiger partial charge in [0.25, 0.3) is 0 Å². The van der Waals surface area contributed by atoms with E-state index in [2.05, 4.69) is 34.4 Å². The zero-order valence-electron chi connectivity index (χ0n) is 10.7. The van der Waals surface area contributed by atoms with E-state index in [0.29, 0.717) is 6.54 Å². The fraction of sp³-hybridized carbons (Fsp3) is 0.357. The molecule has 0 bridgehead atoms. The summed E-state index contributed by atoms with van der Waals surface area (Å²) in [7, 11) is 3.36. The van der Waals surface area contributed by atoms with E-state index >= 15 is 0 Å². The fourth-order valence-electron chi connectivity index (χ4n) is 1.90. The minimum Gasteiger partial charge on any atom is -0.468 e. The Bertz CT molecular complexity index is 535. The van der Waals surface area contributed by atoms with Crippen LogP contribution in [0.5, 0.6) is 0 Å². The van der Waals surface area contributed by atoms with Gasteiger partial charge in [0, 0.05) is 11.2 Å². The molecule has 96 valence electrons. The van der Waals surface area contributed by atoms with Gasteiger partial charge < -0.3 is 4.74 Å². The van der Waals surface area contributed by atoms with Crippen LogP contribution in [0.2, 0.25) is 0 Å². The van der Waals surface area contributed by atoms with Crippen LogP contribution in [0.15, 0.2) is 29.6 Å². The highest BCUT2D eigenvalue weighted by molar-refractivity contribution is 7.17. The van der Waals surface area contributed by atoms with Gasteiger partial charge in [-0.1, -0.05) is 18.2 Å². The summed E-state index contributed by atoms with van der Waals surface area (Å²) in [5.41, 5.74) is 1.35. The number of likely N-dealkylation sites (N-methyl/N-ethyl adjacent to an activating group) is 1. The van der Waals surface area contributed by atoms with E-state index in [1.54, 1.807) is 11.3 Å². The van der Waals surface area contributed by atoms with Crippen LogP contribution in [0.3, 0.4) is 0 Å². The summed E-state index contributed by atoms with van der Waals surface area (Å²) in [4.78, 5) is 13.1. The van der Waals surface area contributed by atoms with Gasteiger partial charge in [0.15, 0.2) is 0 Å². The Kier molecular flexibility index (Phi) is 4.33. The number of ether oxygens (including phenoxy) is 1. The van der Waals surface area contributed by atoms with E-state index in [4.69, 9.17) is 0 Å². The summed E-state index contributed by atoms with van der Waals surface area (Å²) < 4.78 is 5.97. The molecule has 0 fully saturated rings. The van der Waals surface area contributed by atoms with Crippen LogP contribution in [0.1, 0.15) is 5.56 Å². The number of thiophene rings is 1. The van der Waals surface area contributed by atoms with Crippen LogP contribution in [-0.2, 0) is 16.0 Å². The molecule has 0 N–H and O–H groups in total. The number of nitrogens with zero attached hydrogens (tertiary/aromatic N) is 1. The quantitative estimate of drug-likeness (QED) is 0.776. The zero-order valence-corrected chi connectivity index (χ0v) is 11.5. The van der Waals surface area contributed by atoms with E-state index in [-0.39, 0.29) is 5.97 Å². The highest BCUT2D eigenvalue weighted by atomic mass is 32.1. The number of methoxy groups -OCH3 is 1. The van der Waals surface area contributed by atoms with Gasteiger partial charge in [-0.2, -0.15) is 0 Å². The van der Waals surface area contributed by atoms with Crippen molar-refractivity contribution in [3.8, 4) is 0 Å². The number of hydrogen-bond donors (Lipinski definition) is 0. The molecule has 0 saturated carbocycles. The molecule has 3 nitrogen and oxygen atoms in total. The minimum absolute atomic E-state index is 0.187. The Morgan fingerprint density at radius 3 is 2.94 bits per heavy atom. The Hall–Kier alpha value is -1.39. The molecule has 1 aromatic carbocycles. The van der Waals surface area contributed by atoms with Crippen molar-refractivity contribution in [2.75, 3.05) is 27.2 Å². The SMILES string of the molecule is COC(=O)CN(C)CCc1csc2ccccc12. The smallest absolute Gasteiger partial charge is 0.319 e. The average molecular weight is 263 g/mol. The lowest BCUT2D eigenvalue weighted by Gasteiger charge is -2.14. The molecule has 1 aromatic heterocycles. The van der Waals surface area contributed by atoms with Crippen LogP contribution in [0, 0.1) is 0 Å². The Morgan fingerprint density at radius 2 is 2.17 bits per heavy atom. The molecule has 0 amide bonds. The summed E-state index contributed by atoms with van der Waals surface area (Å²) in [5.74, 6) is -0.187. The van der Waals surface area contributed by atoms with Crippen molar-refractivity contribution >= 4 is 27.4 Å². The number of carbonyl (C=O) groups is 1. The van der Waals surface area contributed by atoms with Crippen LogP contribution in [0.25, 0.3) is 10.1 Å². The molecule has 0 saturated heterocycles. The topological polar surface area (TPSA) is 29.5 Å². The molecule has 0 spiro atoms. The molecule has 4 heteroatoms. The van der Waals surface area contributed by atoms with Crippen molar-refractivity contribution in [3.63, 3.8) is 0 Å². The second-order valence-electron chi connectivity index (χ2n) is 4.32. The number of rotatable bonds is 5. The van der Waals surface area contributed by atoms with Gasteiger partial charge in [0.05, 0.1) is 13.7 Å². The molecule has 0 aliphatic carbocycles. The number of hydrogen-bond acceptors (Lipinski definition) is 4. The molecule has 2 rings (SSSR count). The van der Waals surface area contributed by atoms with E-state index in [1.165, 1.54) is 22.8 Å². The van der Waals surface area contributed by atoms with Crippen LogP contribution >= 0.6 is 11.3 Å². The maximum Gasteiger partial charge on any atom is 0.319 e. The van der Waals surface area contributed by atoms with Crippen molar-refractivity contribution in [1.29, 1.82) is 0 Å². The molecule has 0 aliphatic heterocycles. The van der Waals surface area contributed by atoms with E-state index in [0.717, 1.165) is 13.0 Å². The van der Waals surface area contributed by atoms with Crippen molar-refractivity contribution in [1.82, 2.24) is 4.90 Å². The fourth-order valence-corrected chi connectivity index (χ4v) is 2.90. The van der Waals surface area contributed by atoms with Crippen molar-refractivity contribution in [3.05, 3.63) is 35.2 Å². The Morgan fingerprint density at radius 1 is 1.39 bits per heavy atom. The first kappa shape index (κ1) is 13.1. The highest BCUT2D eigenvalue weighted by Crippen LogP contribution is 2.25. The average Bonchev–Trinajstić information content (AvgIpc) is 2.79.